The number of piperazine rings is 1. The van der Waals surface area contributed by atoms with Gasteiger partial charge in [0, 0.05) is 26.2 Å². The van der Waals surface area contributed by atoms with Gasteiger partial charge in [0.1, 0.15) is 5.76 Å². The number of nitrogens with one attached hydrogen (secondary N) is 1. The number of allylic oxidation sites excluding steroid dienone is 1. The summed E-state index contributed by atoms with van der Waals surface area (Å²) in [4.78, 5) is 2.45. The number of rotatable bonds is 2. The van der Waals surface area contributed by atoms with Gasteiger partial charge in [-0.2, -0.15) is 0 Å². The van der Waals surface area contributed by atoms with Crippen molar-refractivity contribution in [1.29, 1.82) is 0 Å². The van der Waals surface area contributed by atoms with Gasteiger partial charge in [0.05, 0.1) is 13.2 Å². The predicted octanol–water partition coefficient (Wildman–Crippen LogP) is 0.586. The molecule has 0 aromatic heterocycles. The Morgan fingerprint density at radius 1 is 1.38 bits per heavy atom. The summed E-state index contributed by atoms with van der Waals surface area (Å²) in [5, 5.41) is 3.35. The Hall–Kier alpha value is -0.540. The number of nitrogens with zero attached hydrogens (tertiary/aromatic N) is 1. The average Bonchev–Trinajstić information content (AvgIpc) is 2.21. The highest BCUT2D eigenvalue weighted by molar-refractivity contribution is 4.98. The number of ether oxygens (including phenoxy) is 1. The summed E-state index contributed by atoms with van der Waals surface area (Å²) in [6, 6.07) is 0. The normalized spacial score (nSPS) is 25.1. The molecule has 13 heavy (non-hydrogen) atoms. The average molecular weight is 182 g/mol. The molecule has 1 N–H and O–H groups in total. The smallest absolute Gasteiger partial charge is 0.106 e. The van der Waals surface area contributed by atoms with Crippen LogP contribution >= 0.6 is 0 Å². The lowest BCUT2D eigenvalue weighted by atomic mass is 10.2. The highest BCUT2D eigenvalue weighted by Crippen LogP contribution is 2.11. The van der Waals surface area contributed by atoms with Gasteiger partial charge in [0.25, 0.3) is 0 Å². The molecule has 2 heterocycles. The van der Waals surface area contributed by atoms with Crippen molar-refractivity contribution < 1.29 is 4.74 Å². The van der Waals surface area contributed by atoms with Crippen molar-refractivity contribution in [2.24, 2.45) is 0 Å². The summed E-state index contributed by atoms with van der Waals surface area (Å²) in [5.41, 5.74) is 0. The first-order valence-corrected chi connectivity index (χ1v) is 5.20. The first-order chi connectivity index (χ1) is 6.45. The molecule has 74 valence electrons. The van der Waals surface area contributed by atoms with E-state index in [4.69, 9.17) is 4.74 Å². The molecule has 0 atom stereocenters. The topological polar surface area (TPSA) is 24.5 Å². The van der Waals surface area contributed by atoms with Crippen molar-refractivity contribution in [2.45, 2.75) is 12.8 Å². The minimum absolute atomic E-state index is 0.915. The van der Waals surface area contributed by atoms with Crippen molar-refractivity contribution in [1.82, 2.24) is 10.2 Å². The molecule has 0 aromatic carbocycles. The van der Waals surface area contributed by atoms with Crippen molar-refractivity contribution >= 4 is 0 Å². The van der Waals surface area contributed by atoms with Crippen LogP contribution in [0, 0.1) is 0 Å². The second-order valence-electron chi connectivity index (χ2n) is 3.69. The summed E-state index contributed by atoms with van der Waals surface area (Å²) in [6.07, 6.45) is 4.62. The fourth-order valence-corrected chi connectivity index (χ4v) is 1.81. The van der Waals surface area contributed by atoms with Crippen LogP contribution in [0.25, 0.3) is 0 Å². The molecule has 0 aromatic rings. The van der Waals surface area contributed by atoms with Gasteiger partial charge in [-0.15, -0.1) is 0 Å². The maximum absolute atomic E-state index is 5.58. The molecule has 0 amide bonds. The van der Waals surface area contributed by atoms with Crippen LogP contribution in [-0.4, -0.2) is 44.2 Å². The van der Waals surface area contributed by atoms with Gasteiger partial charge >= 0.3 is 0 Å². The third-order valence-corrected chi connectivity index (χ3v) is 2.60. The Kier molecular flexibility index (Phi) is 3.22. The Morgan fingerprint density at radius 2 is 2.23 bits per heavy atom. The highest BCUT2D eigenvalue weighted by Gasteiger charge is 2.13. The van der Waals surface area contributed by atoms with Gasteiger partial charge < -0.3 is 10.1 Å². The molecule has 2 aliphatic rings. The molecule has 1 fully saturated rings. The number of hydrogen-bond acceptors (Lipinski definition) is 3. The van der Waals surface area contributed by atoms with Crippen LogP contribution in [0.15, 0.2) is 11.8 Å². The Labute approximate surface area is 79.7 Å². The van der Waals surface area contributed by atoms with Gasteiger partial charge in [-0.1, -0.05) is 0 Å². The van der Waals surface area contributed by atoms with Crippen molar-refractivity contribution in [3.05, 3.63) is 11.8 Å². The Bertz CT molecular complexity index is 185. The monoisotopic (exact) mass is 182 g/mol. The van der Waals surface area contributed by atoms with E-state index in [0.29, 0.717) is 0 Å². The van der Waals surface area contributed by atoms with E-state index in [9.17, 15) is 0 Å². The fourth-order valence-electron chi connectivity index (χ4n) is 1.81. The van der Waals surface area contributed by atoms with E-state index in [1.807, 2.05) is 0 Å². The summed E-state index contributed by atoms with van der Waals surface area (Å²) in [6.45, 7) is 6.47. The molecule has 0 spiro atoms. The van der Waals surface area contributed by atoms with Crippen molar-refractivity contribution in [2.75, 3.05) is 39.3 Å². The predicted molar refractivity (Wildman–Crippen MR) is 52.6 cm³/mol. The maximum atomic E-state index is 5.58. The lowest BCUT2D eigenvalue weighted by Crippen LogP contribution is -2.44. The second kappa shape index (κ2) is 4.63. The lowest BCUT2D eigenvalue weighted by Gasteiger charge is -2.28. The lowest BCUT2D eigenvalue weighted by molar-refractivity contribution is 0.148. The van der Waals surface area contributed by atoms with Crippen LogP contribution in [0.3, 0.4) is 0 Å². The third kappa shape index (κ3) is 2.71. The van der Waals surface area contributed by atoms with Crippen LogP contribution in [0.2, 0.25) is 0 Å². The van der Waals surface area contributed by atoms with Gasteiger partial charge in [0.15, 0.2) is 0 Å². The summed E-state index contributed by atoms with van der Waals surface area (Å²) >= 11 is 0. The van der Waals surface area contributed by atoms with Gasteiger partial charge in [-0.05, 0) is 18.9 Å². The van der Waals surface area contributed by atoms with Crippen LogP contribution in [0.4, 0.5) is 0 Å². The fraction of sp³-hybridized carbons (Fsp3) is 0.800. The Balaban J connectivity index is 1.78. The van der Waals surface area contributed by atoms with Crippen LogP contribution in [0.5, 0.6) is 0 Å². The molecule has 3 heteroatoms. The zero-order valence-corrected chi connectivity index (χ0v) is 8.09. The van der Waals surface area contributed by atoms with Crippen LogP contribution < -0.4 is 5.32 Å². The standard InChI is InChI=1S/C10H18N2O/c1-2-8-13-10(3-1)9-12-6-4-11-5-7-12/h3,11H,1-2,4-9H2. The molecule has 2 aliphatic heterocycles. The number of hydrogen-bond donors (Lipinski definition) is 1. The van der Waals surface area contributed by atoms with E-state index < -0.39 is 0 Å². The summed E-state index contributed by atoms with van der Waals surface area (Å²) < 4.78 is 5.58. The van der Waals surface area contributed by atoms with E-state index in [-0.39, 0.29) is 0 Å². The van der Waals surface area contributed by atoms with E-state index in [1.165, 1.54) is 18.6 Å². The van der Waals surface area contributed by atoms with E-state index in [2.05, 4.69) is 16.3 Å². The Morgan fingerprint density at radius 3 is 2.92 bits per heavy atom. The summed E-state index contributed by atoms with van der Waals surface area (Å²) in [5.74, 6) is 1.19. The van der Waals surface area contributed by atoms with Crippen LogP contribution in [0.1, 0.15) is 12.8 Å². The molecule has 0 unspecified atom stereocenters. The first-order valence-electron chi connectivity index (χ1n) is 5.20. The van der Waals surface area contributed by atoms with Crippen molar-refractivity contribution in [3.63, 3.8) is 0 Å². The molecular formula is C10H18N2O. The van der Waals surface area contributed by atoms with Crippen molar-refractivity contribution in [3.8, 4) is 0 Å². The van der Waals surface area contributed by atoms with Gasteiger partial charge in [0.2, 0.25) is 0 Å². The van der Waals surface area contributed by atoms with E-state index in [0.717, 1.165) is 39.3 Å². The molecule has 0 radical (unpaired) electrons. The maximum Gasteiger partial charge on any atom is 0.106 e. The quantitative estimate of drug-likeness (QED) is 0.676. The molecule has 1 saturated heterocycles. The van der Waals surface area contributed by atoms with Gasteiger partial charge in [-0.25, -0.2) is 0 Å². The zero-order valence-electron chi connectivity index (χ0n) is 8.09. The molecule has 0 saturated carbocycles. The van der Waals surface area contributed by atoms with E-state index >= 15 is 0 Å². The molecule has 2 rings (SSSR count). The van der Waals surface area contributed by atoms with Crippen LogP contribution in [-0.2, 0) is 4.74 Å². The SMILES string of the molecule is C1=C(CN2CCNCC2)OCCC1. The molecular weight excluding hydrogens is 164 g/mol. The minimum Gasteiger partial charge on any atom is -0.497 e. The minimum atomic E-state index is 0.915. The third-order valence-electron chi connectivity index (χ3n) is 2.60. The summed E-state index contributed by atoms with van der Waals surface area (Å²) in [7, 11) is 0. The molecule has 3 nitrogen and oxygen atoms in total. The zero-order chi connectivity index (χ0) is 8.93. The highest BCUT2D eigenvalue weighted by atomic mass is 16.5. The first kappa shape index (κ1) is 9.03. The second-order valence-corrected chi connectivity index (χ2v) is 3.69. The largest absolute Gasteiger partial charge is 0.497 e. The molecule has 0 bridgehead atoms. The van der Waals surface area contributed by atoms with E-state index in [1.54, 1.807) is 0 Å². The van der Waals surface area contributed by atoms with Gasteiger partial charge in [-0.3, -0.25) is 4.90 Å². The molecule has 0 aliphatic carbocycles.